The topological polar surface area (TPSA) is 101 Å². The second-order valence-corrected chi connectivity index (χ2v) is 8.56. The molecule has 0 aliphatic carbocycles. The third-order valence-electron chi connectivity index (χ3n) is 6.04. The molecule has 7 nitrogen and oxygen atoms in total. The van der Waals surface area contributed by atoms with Crippen molar-refractivity contribution in [3.05, 3.63) is 71.4 Å². The predicted octanol–water partition coefficient (Wildman–Crippen LogP) is 2.42. The molecule has 36 heavy (non-hydrogen) atoms. The Morgan fingerprint density at radius 2 is 1.83 bits per heavy atom. The first-order chi connectivity index (χ1) is 17.3. The average Bonchev–Trinajstić information content (AvgIpc) is 2.88. The lowest BCUT2D eigenvalue weighted by Crippen LogP contribution is -2.43. The molecule has 0 radical (unpaired) electrons. The quantitative estimate of drug-likeness (QED) is 0.267. The number of nitrogens with one attached hydrogen (secondary N) is 2. The van der Waals surface area contributed by atoms with Crippen molar-refractivity contribution in [3.63, 3.8) is 0 Å². The normalized spacial score (nSPS) is 14.4. The fraction of sp³-hybridized carbons (Fsp3) is 0.308. The Kier molecular flexibility index (Phi) is 8.07. The molecule has 10 heteroatoms. The number of hydrogen-bond acceptors (Lipinski definition) is 6. The van der Waals surface area contributed by atoms with E-state index < -0.39 is 11.7 Å². The average molecular weight is 500 g/mol. The number of rotatable bonds is 9. The number of aromatic nitrogens is 1. The summed E-state index contributed by atoms with van der Waals surface area (Å²) in [6.45, 7) is 3.98. The van der Waals surface area contributed by atoms with Crippen molar-refractivity contribution in [3.8, 4) is 16.9 Å². The lowest BCUT2D eigenvalue weighted by atomic mass is 10.0. The second kappa shape index (κ2) is 11.4. The Morgan fingerprint density at radius 1 is 1.08 bits per heavy atom. The van der Waals surface area contributed by atoms with Crippen molar-refractivity contribution < 1.29 is 23.3 Å². The summed E-state index contributed by atoms with van der Waals surface area (Å²) in [7, 11) is 0. The fourth-order valence-corrected chi connectivity index (χ4v) is 4.09. The van der Waals surface area contributed by atoms with Crippen LogP contribution in [0.25, 0.3) is 11.1 Å². The van der Waals surface area contributed by atoms with Crippen molar-refractivity contribution in [2.24, 2.45) is 0 Å². The summed E-state index contributed by atoms with van der Waals surface area (Å²) in [5.41, 5.74) is 8.33. The van der Waals surface area contributed by atoms with Crippen LogP contribution in [-0.2, 0) is 12.7 Å². The van der Waals surface area contributed by atoms with Gasteiger partial charge < -0.3 is 21.1 Å². The minimum Gasteiger partial charge on any atom is -0.492 e. The number of anilines is 2. The zero-order chi connectivity index (χ0) is 25.5. The first kappa shape index (κ1) is 25.5. The van der Waals surface area contributed by atoms with Crippen molar-refractivity contribution in [2.45, 2.75) is 12.7 Å². The first-order valence-electron chi connectivity index (χ1n) is 11.7. The number of nitrogens with two attached hydrogens (primary N) is 2. The number of nitrogens with zero attached hydrogens (tertiary/aromatic N) is 2. The third kappa shape index (κ3) is 6.52. The Morgan fingerprint density at radius 3 is 2.53 bits per heavy atom. The first-order valence-corrected chi connectivity index (χ1v) is 11.7. The molecule has 1 saturated heterocycles. The molecule has 1 aliphatic heterocycles. The van der Waals surface area contributed by atoms with E-state index in [9.17, 15) is 13.2 Å². The van der Waals surface area contributed by atoms with Gasteiger partial charge in [-0.05, 0) is 41.5 Å². The molecule has 0 atom stereocenters. The highest BCUT2D eigenvalue weighted by Gasteiger charge is 2.34. The van der Waals surface area contributed by atoms with Gasteiger partial charge in [-0.2, -0.15) is 13.2 Å². The largest absolute Gasteiger partial charge is 0.492 e. The number of benzene rings is 2. The molecule has 0 unspecified atom stereocenters. The highest BCUT2D eigenvalue weighted by Crippen LogP contribution is 2.34. The second-order valence-electron chi connectivity index (χ2n) is 8.56. The van der Waals surface area contributed by atoms with Crippen molar-refractivity contribution >= 4 is 17.7 Å². The maximum absolute atomic E-state index is 13.7. The summed E-state index contributed by atoms with van der Waals surface area (Å²) in [4.78, 5) is 6.18. The maximum atomic E-state index is 13.7. The van der Waals surface area contributed by atoms with Crippen molar-refractivity contribution in [1.29, 1.82) is 0 Å². The molecule has 1 aromatic heterocycles. The van der Waals surface area contributed by atoms with Crippen molar-refractivity contribution in [2.75, 3.05) is 50.4 Å². The van der Waals surface area contributed by atoms with Gasteiger partial charge in [0, 0.05) is 56.7 Å². The molecule has 2 heterocycles. The molecule has 190 valence electrons. The number of halogens is 3. The summed E-state index contributed by atoms with van der Waals surface area (Å²) >= 11 is 0. The van der Waals surface area contributed by atoms with Crippen LogP contribution in [0.4, 0.5) is 24.7 Å². The molecule has 0 saturated carbocycles. The van der Waals surface area contributed by atoms with Crippen LogP contribution >= 0.6 is 0 Å². The SMILES string of the molecule is Nc1ncc(-c2ccc(OCCNc3ccc(CN4CCNCC4)c(C(F)(F)F)c3)cc2)cc1C=[NH2+]. The van der Waals surface area contributed by atoms with Gasteiger partial charge in [0.15, 0.2) is 6.21 Å². The van der Waals surface area contributed by atoms with Gasteiger partial charge in [0.05, 0.1) is 11.1 Å². The number of piperazine rings is 1. The molecule has 0 bridgehead atoms. The van der Waals surface area contributed by atoms with Gasteiger partial charge in [-0.25, -0.2) is 4.98 Å². The Labute approximate surface area is 208 Å². The zero-order valence-electron chi connectivity index (χ0n) is 19.8. The van der Waals surface area contributed by atoms with E-state index in [-0.39, 0.29) is 6.54 Å². The van der Waals surface area contributed by atoms with E-state index in [1.165, 1.54) is 12.3 Å². The summed E-state index contributed by atoms with van der Waals surface area (Å²) in [5.74, 6) is 1.02. The molecule has 6 N–H and O–H groups in total. The van der Waals surface area contributed by atoms with E-state index in [2.05, 4.69) is 15.6 Å². The van der Waals surface area contributed by atoms with E-state index in [1.54, 1.807) is 18.3 Å². The lowest BCUT2D eigenvalue weighted by molar-refractivity contribution is -0.138. The van der Waals surface area contributed by atoms with Gasteiger partial charge in [-0.1, -0.05) is 18.2 Å². The van der Waals surface area contributed by atoms with E-state index in [4.69, 9.17) is 15.9 Å². The van der Waals surface area contributed by atoms with E-state index in [0.717, 1.165) is 37.3 Å². The van der Waals surface area contributed by atoms with Gasteiger partial charge in [-0.3, -0.25) is 10.3 Å². The molecule has 3 aromatic rings. The Bertz CT molecular complexity index is 1180. The molecular formula is C26H30F3N6O+. The van der Waals surface area contributed by atoms with Gasteiger partial charge in [-0.15, -0.1) is 0 Å². The Hall–Kier alpha value is -3.63. The van der Waals surface area contributed by atoms with Crippen LogP contribution in [0.5, 0.6) is 5.75 Å². The van der Waals surface area contributed by atoms with Gasteiger partial charge in [0.1, 0.15) is 18.2 Å². The molecule has 1 fully saturated rings. The minimum absolute atomic E-state index is 0.286. The summed E-state index contributed by atoms with van der Waals surface area (Å²) in [6, 6.07) is 13.7. The van der Waals surface area contributed by atoms with E-state index in [1.807, 2.05) is 35.2 Å². The predicted molar refractivity (Wildman–Crippen MR) is 135 cm³/mol. The molecule has 0 spiro atoms. The molecule has 2 aromatic carbocycles. The van der Waals surface area contributed by atoms with Crippen LogP contribution in [0.3, 0.4) is 0 Å². The monoisotopic (exact) mass is 499 g/mol. The van der Waals surface area contributed by atoms with Gasteiger partial charge >= 0.3 is 6.18 Å². The van der Waals surface area contributed by atoms with Crippen LogP contribution in [-0.4, -0.2) is 55.4 Å². The van der Waals surface area contributed by atoms with Crippen LogP contribution in [0.15, 0.2) is 54.7 Å². The highest BCUT2D eigenvalue weighted by molar-refractivity contribution is 5.84. The number of pyridine rings is 1. The van der Waals surface area contributed by atoms with Crippen molar-refractivity contribution in [1.82, 2.24) is 15.2 Å². The zero-order valence-corrected chi connectivity index (χ0v) is 19.8. The van der Waals surface area contributed by atoms with E-state index in [0.29, 0.717) is 41.5 Å². The fourth-order valence-electron chi connectivity index (χ4n) is 4.09. The molecular weight excluding hydrogens is 469 g/mol. The number of hydrogen-bond donors (Lipinski definition) is 4. The van der Waals surface area contributed by atoms with Crippen LogP contribution in [0.2, 0.25) is 0 Å². The van der Waals surface area contributed by atoms with Crippen LogP contribution < -0.4 is 26.5 Å². The van der Waals surface area contributed by atoms with Crippen LogP contribution in [0.1, 0.15) is 16.7 Å². The Balaban J connectivity index is 1.32. The number of ether oxygens (including phenoxy) is 1. The summed E-state index contributed by atoms with van der Waals surface area (Å²) < 4.78 is 46.9. The number of alkyl halides is 3. The van der Waals surface area contributed by atoms with Crippen LogP contribution in [0, 0.1) is 0 Å². The van der Waals surface area contributed by atoms with Gasteiger partial charge in [0.2, 0.25) is 0 Å². The lowest BCUT2D eigenvalue weighted by Gasteiger charge is -2.28. The van der Waals surface area contributed by atoms with E-state index >= 15 is 0 Å². The maximum Gasteiger partial charge on any atom is 0.416 e. The smallest absolute Gasteiger partial charge is 0.416 e. The molecule has 4 rings (SSSR count). The van der Waals surface area contributed by atoms with Gasteiger partial charge in [0.25, 0.3) is 0 Å². The summed E-state index contributed by atoms with van der Waals surface area (Å²) in [6.07, 6.45) is -1.33. The third-order valence-corrected chi connectivity index (χ3v) is 6.04. The summed E-state index contributed by atoms with van der Waals surface area (Å²) in [5, 5.41) is 11.8. The standard InChI is InChI=1S/C26H29F3N6O/c27-26(28,29)24-14-22(4-1-19(24)17-35-10-7-32-8-11-35)33-9-12-36-23-5-2-18(3-6-23)21-13-20(15-30)25(31)34-16-21/h1-6,13-16,30,32-33H,7-12,17H2,(H2,31,34)/p+1. The number of nitrogen functional groups attached to an aromatic ring is 1. The molecule has 0 amide bonds. The highest BCUT2D eigenvalue weighted by atomic mass is 19.4. The molecule has 1 aliphatic rings. The minimum atomic E-state index is -4.41.